The number of carbonyl (C=O) groups is 2. The second kappa shape index (κ2) is 7.20. The molecule has 5 heteroatoms. The third-order valence-electron chi connectivity index (χ3n) is 5.07. The number of nitrogens with zero attached hydrogens (tertiary/aromatic N) is 2. The Morgan fingerprint density at radius 3 is 2.69 bits per heavy atom. The highest BCUT2D eigenvalue weighted by Gasteiger charge is 2.37. The van der Waals surface area contributed by atoms with Crippen LogP contribution in [0, 0.1) is 5.92 Å². The molecule has 2 aliphatic heterocycles. The number of ether oxygens (including phenoxy) is 1. The van der Waals surface area contributed by atoms with E-state index in [9.17, 15) is 9.59 Å². The molecule has 2 amide bonds. The molecule has 4 rings (SSSR count). The van der Waals surface area contributed by atoms with Crippen LogP contribution in [0.2, 0.25) is 0 Å². The maximum Gasteiger partial charge on any atom is 0.232 e. The van der Waals surface area contributed by atoms with Crippen molar-refractivity contribution in [3.8, 4) is 5.75 Å². The second-order valence-corrected chi connectivity index (χ2v) is 6.78. The van der Waals surface area contributed by atoms with E-state index >= 15 is 0 Å². The van der Waals surface area contributed by atoms with Crippen LogP contribution in [0.1, 0.15) is 12.0 Å². The third kappa shape index (κ3) is 3.29. The number of likely N-dealkylation sites (tertiary alicyclic amines) is 1. The fourth-order valence-electron chi connectivity index (χ4n) is 3.68. The Labute approximate surface area is 153 Å². The molecule has 0 unspecified atom stereocenters. The SMILES string of the molecule is O=C1C[C@@H](C(=O)N2CCOc3ccccc32)CN1CCc1ccccc1. The molecule has 0 aromatic heterocycles. The molecule has 0 N–H and O–H groups in total. The summed E-state index contributed by atoms with van der Waals surface area (Å²) in [6.45, 7) is 2.18. The first-order valence-corrected chi connectivity index (χ1v) is 9.07. The lowest BCUT2D eigenvalue weighted by molar-refractivity contribution is -0.128. The predicted octanol–water partition coefficient (Wildman–Crippen LogP) is 2.50. The Morgan fingerprint density at radius 1 is 1.08 bits per heavy atom. The van der Waals surface area contributed by atoms with Crippen molar-refractivity contribution < 1.29 is 14.3 Å². The van der Waals surface area contributed by atoms with Gasteiger partial charge in [0.1, 0.15) is 12.4 Å². The van der Waals surface area contributed by atoms with Crippen LogP contribution in [0.5, 0.6) is 5.75 Å². The summed E-state index contributed by atoms with van der Waals surface area (Å²) in [7, 11) is 0. The van der Waals surface area contributed by atoms with E-state index in [-0.39, 0.29) is 17.7 Å². The van der Waals surface area contributed by atoms with Gasteiger partial charge in [-0.15, -0.1) is 0 Å². The number of carbonyl (C=O) groups excluding carboxylic acids is 2. The Bertz CT molecular complexity index is 806. The first-order chi connectivity index (χ1) is 12.7. The number of para-hydroxylation sites is 2. The zero-order chi connectivity index (χ0) is 17.9. The van der Waals surface area contributed by atoms with Crippen LogP contribution in [0.25, 0.3) is 0 Å². The van der Waals surface area contributed by atoms with E-state index in [1.165, 1.54) is 5.56 Å². The van der Waals surface area contributed by atoms with Crippen molar-refractivity contribution in [1.29, 1.82) is 0 Å². The molecule has 1 atom stereocenters. The van der Waals surface area contributed by atoms with Gasteiger partial charge in [0.15, 0.2) is 0 Å². The minimum Gasteiger partial charge on any atom is -0.490 e. The second-order valence-electron chi connectivity index (χ2n) is 6.78. The first kappa shape index (κ1) is 16.6. The summed E-state index contributed by atoms with van der Waals surface area (Å²) in [5, 5.41) is 0. The minimum atomic E-state index is -0.274. The lowest BCUT2D eigenvalue weighted by Crippen LogP contribution is -2.42. The molecule has 1 saturated heterocycles. The van der Waals surface area contributed by atoms with Crippen LogP contribution < -0.4 is 9.64 Å². The smallest absolute Gasteiger partial charge is 0.232 e. The summed E-state index contributed by atoms with van der Waals surface area (Å²) < 4.78 is 5.63. The van der Waals surface area contributed by atoms with Crippen molar-refractivity contribution in [3.63, 3.8) is 0 Å². The van der Waals surface area contributed by atoms with Gasteiger partial charge in [0, 0.05) is 19.5 Å². The molecule has 0 aliphatic carbocycles. The van der Waals surface area contributed by atoms with Crippen molar-refractivity contribution in [1.82, 2.24) is 4.90 Å². The van der Waals surface area contributed by atoms with Crippen LogP contribution in [0.3, 0.4) is 0 Å². The van der Waals surface area contributed by atoms with Crippen molar-refractivity contribution in [3.05, 3.63) is 60.2 Å². The van der Waals surface area contributed by atoms with Crippen molar-refractivity contribution in [2.75, 3.05) is 31.1 Å². The summed E-state index contributed by atoms with van der Waals surface area (Å²) in [6, 6.07) is 17.7. The summed E-state index contributed by atoms with van der Waals surface area (Å²) in [5.74, 6) is 0.555. The number of hydrogen-bond acceptors (Lipinski definition) is 3. The molecule has 2 heterocycles. The van der Waals surface area contributed by atoms with E-state index in [1.54, 1.807) is 4.90 Å². The van der Waals surface area contributed by atoms with Gasteiger partial charge in [-0.05, 0) is 24.1 Å². The van der Waals surface area contributed by atoms with E-state index in [0.717, 1.165) is 17.9 Å². The average molecular weight is 350 g/mol. The molecule has 0 saturated carbocycles. The molecule has 0 radical (unpaired) electrons. The number of fused-ring (bicyclic) bond motifs is 1. The van der Waals surface area contributed by atoms with Gasteiger partial charge in [-0.1, -0.05) is 42.5 Å². The minimum absolute atomic E-state index is 0.0244. The predicted molar refractivity (Wildman–Crippen MR) is 99.1 cm³/mol. The fourth-order valence-corrected chi connectivity index (χ4v) is 3.68. The average Bonchev–Trinajstić information content (AvgIpc) is 3.07. The first-order valence-electron chi connectivity index (χ1n) is 9.07. The zero-order valence-electron chi connectivity index (χ0n) is 14.6. The molecular formula is C21H22N2O3. The van der Waals surface area contributed by atoms with Gasteiger partial charge in [0.05, 0.1) is 18.2 Å². The largest absolute Gasteiger partial charge is 0.490 e. The molecule has 134 valence electrons. The van der Waals surface area contributed by atoms with Crippen molar-refractivity contribution in [2.24, 2.45) is 5.92 Å². The molecule has 2 aromatic carbocycles. The quantitative estimate of drug-likeness (QED) is 0.851. The lowest BCUT2D eigenvalue weighted by Gasteiger charge is -2.31. The Kier molecular flexibility index (Phi) is 4.61. The normalized spacial score (nSPS) is 19.2. The topological polar surface area (TPSA) is 49.9 Å². The van der Waals surface area contributed by atoms with Crippen LogP contribution in [0.4, 0.5) is 5.69 Å². The lowest BCUT2D eigenvalue weighted by atomic mass is 10.1. The van der Waals surface area contributed by atoms with E-state index in [1.807, 2.05) is 47.4 Å². The van der Waals surface area contributed by atoms with Crippen LogP contribution in [-0.2, 0) is 16.0 Å². The number of amides is 2. The number of hydrogen-bond donors (Lipinski definition) is 0. The summed E-state index contributed by atoms with van der Waals surface area (Å²) in [6.07, 6.45) is 1.11. The van der Waals surface area contributed by atoms with Crippen molar-refractivity contribution in [2.45, 2.75) is 12.8 Å². The number of anilines is 1. The van der Waals surface area contributed by atoms with Crippen LogP contribution in [-0.4, -0.2) is 43.0 Å². The maximum absolute atomic E-state index is 13.0. The standard InChI is InChI=1S/C21H22N2O3/c24-20-14-17(15-22(20)11-10-16-6-2-1-3-7-16)21(25)23-12-13-26-19-9-5-4-8-18(19)23/h1-9,17H,10-15H2/t17-/m1/s1. The molecule has 2 aromatic rings. The Balaban J connectivity index is 1.41. The molecule has 1 fully saturated rings. The number of rotatable bonds is 4. The molecule has 5 nitrogen and oxygen atoms in total. The molecule has 0 bridgehead atoms. The summed E-state index contributed by atoms with van der Waals surface area (Å²) >= 11 is 0. The van der Waals surface area contributed by atoms with E-state index < -0.39 is 0 Å². The summed E-state index contributed by atoms with van der Waals surface area (Å²) in [5.41, 5.74) is 2.01. The Morgan fingerprint density at radius 2 is 1.85 bits per heavy atom. The number of benzene rings is 2. The highest BCUT2D eigenvalue weighted by Crippen LogP contribution is 2.33. The van der Waals surface area contributed by atoms with Gasteiger partial charge in [-0.3, -0.25) is 9.59 Å². The van der Waals surface area contributed by atoms with Gasteiger partial charge in [0.25, 0.3) is 0 Å². The molecule has 2 aliphatic rings. The zero-order valence-corrected chi connectivity index (χ0v) is 14.6. The van der Waals surface area contributed by atoms with Gasteiger partial charge in [0.2, 0.25) is 11.8 Å². The van der Waals surface area contributed by atoms with Gasteiger partial charge >= 0.3 is 0 Å². The highest BCUT2D eigenvalue weighted by atomic mass is 16.5. The monoisotopic (exact) mass is 350 g/mol. The van der Waals surface area contributed by atoms with Gasteiger partial charge in [-0.25, -0.2) is 0 Å². The van der Waals surface area contributed by atoms with Gasteiger partial charge < -0.3 is 14.5 Å². The fraction of sp³-hybridized carbons (Fsp3) is 0.333. The van der Waals surface area contributed by atoms with Crippen LogP contribution >= 0.6 is 0 Å². The molecular weight excluding hydrogens is 328 g/mol. The van der Waals surface area contributed by atoms with E-state index in [0.29, 0.717) is 32.7 Å². The third-order valence-corrected chi connectivity index (χ3v) is 5.07. The summed E-state index contributed by atoms with van der Waals surface area (Å²) in [4.78, 5) is 29.0. The van der Waals surface area contributed by atoms with E-state index in [2.05, 4.69) is 12.1 Å². The van der Waals surface area contributed by atoms with E-state index in [4.69, 9.17) is 4.74 Å². The molecule has 26 heavy (non-hydrogen) atoms. The van der Waals surface area contributed by atoms with Gasteiger partial charge in [-0.2, -0.15) is 0 Å². The maximum atomic E-state index is 13.0. The Hall–Kier alpha value is -2.82. The molecule has 0 spiro atoms. The van der Waals surface area contributed by atoms with Crippen molar-refractivity contribution >= 4 is 17.5 Å². The highest BCUT2D eigenvalue weighted by molar-refractivity contribution is 6.00. The van der Waals surface area contributed by atoms with Crippen LogP contribution in [0.15, 0.2) is 54.6 Å².